The van der Waals surface area contributed by atoms with E-state index in [4.69, 9.17) is 0 Å². The highest BCUT2D eigenvalue weighted by Gasteiger charge is 2.13. The molecule has 0 saturated heterocycles. The van der Waals surface area contributed by atoms with Gasteiger partial charge in [-0.2, -0.15) is 0 Å². The average molecular weight is 366 g/mol. The Hall–Kier alpha value is -0.530. The van der Waals surface area contributed by atoms with Gasteiger partial charge in [0.05, 0.1) is 8.99 Å². The molecule has 2 rings (SSSR count). The van der Waals surface area contributed by atoms with E-state index in [1.165, 1.54) is 23.5 Å². The highest BCUT2D eigenvalue weighted by Crippen LogP contribution is 2.25. The number of aliphatic hydroxyl groups excluding tert-OH is 1. The van der Waals surface area contributed by atoms with E-state index in [1.807, 2.05) is 11.4 Å². The summed E-state index contributed by atoms with van der Waals surface area (Å²) in [6.07, 6.45) is -0.603. The van der Waals surface area contributed by atoms with Crippen molar-refractivity contribution in [2.45, 2.75) is 12.5 Å². The van der Waals surface area contributed by atoms with Gasteiger partial charge in [-0.25, -0.2) is 8.78 Å². The predicted molar refractivity (Wildman–Crippen MR) is 72.1 cm³/mol. The van der Waals surface area contributed by atoms with Crippen LogP contribution in [0.1, 0.15) is 17.2 Å². The van der Waals surface area contributed by atoms with Gasteiger partial charge in [0.25, 0.3) is 0 Å². The molecule has 5 heteroatoms. The molecule has 1 aromatic heterocycles. The smallest absolute Gasteiger partial charge is 0.129 e. The quantitative estimate of drug-likeness (QED) is 0.817. The van der Waals surface area contributed by atoms with Crippen LogP contribution in [-0.4, -0.2) is 5.11 Å². The molecular weight excluding hydrogens is 357 g/mol. The van der Waals surface area contributed by atoms with Crippen LogP contribution in [0.4, 0.5) is 8.78 Å². The zero-order valence-corrected chi connectivity index (χ0v) is 11.6. The van der Waals surface area contributed by atoms with Crippen molar-refractivity contribution in [3.8, 4) is 0 Å². The Morgan fingerprint density at radius 2 is 2.06 bits per heavy atom. The number of hydrogen-bond acceptors (Lipinski definition) is 2. The minimum absolute atomic E-state index is 0.152. The van der Waals surface area contributed by atoms with Crippen molar-refractivity contribution in [3.63, 3.8) is 0 Å². The van der Waals surface area contributed by atoms with Crippen LogP contribution in [0.3, 0.4) is 0 Å². The zero-order valence-electron chi connectivity index (χ0n) is 8.66. The molecule has 17 heavy (non-hydrogen) atoms. The minimum Gasteiger partial charge on any atom is -0.388 e. The molecule has 90 valence electrons. The summed E-state index contributed by atoms with van der Waals surface area (Å²) in [4.78, 5) is 0. The summed E-state index contributed by atoms with van der Waals surface area (Å²) in [7, 11) is 0. The van der Waals surface area contributed by atoms with Crippen LogP contribution in [0.2, 0.25) is 0 Å². The molecule has 1 unspecified atom stereocenters. The van der Waals surface area contributed by atoms with Crippen LogP contribution >= 0.6 is 33.9 Å². The summed E-state index contributed by atoms with van der Waals surface area (Å²) in [5.41, 5.74) is 1.09. The lowest BCUT2D eigenvalue weighted by Crippen LogP contribution is -2.02. The Balaban J connectivity index is 2.15. The second-order valence-corrected chi connectivity index (χ2v) is 6.45. The number of thiophene rings is 1. The Morgan fingerprint density at radius 1 is 1.29 bits per heavy atom. The summed E-state index contributed by atoms with van der Waals surface area (Å²) in [6, 6.07) is 5.25. The van der Waals surface area contributed by atoms with Gasteiger partial charge < -0.3 is 5.11 Å². The van der Waals surface area contributed by atoms with Gasteiger partial charge in [0, 0.05) is 12.5 Å². The maximum atomic E-state index is 13.4. The van der Waals surface area contributed by atoms with E-state index in [0.717, 1.165) is 14.5 Å². The van der Waals surface area contributed by atoms with Gasteiger partial charge in [-0.3, -0.25) is 0 Å². The van der Waals surface area contributed by atoms with Crippen LogP contribution in [0.5, 0.6) is 0 Å². The summed E-state index contributed by atoms with van der Waals surface area (Å²) >= 11 is 3.68. The minimum atomic E-state index is -0.755. The zero-order chi connectivity index (χ0) is 12.4. The topological polar surface area (TPSA) is 20.2 Å². The van der Waals surface area contributed by atoms with Gasteiger partial charge in [-0.15, -0.1) is 11.3 Å². The van der Waals surface area contributed by atoms with Gasteiger partial charge in [0.15, 0.2) is 0 Å². The van der Waals surface area contributed by atoms with E-state index in [1.54, 1.807) is 0 Å². The van der Waals surface area contributed by atoms with E-state index in [9.17, 15) is 13.9 Å². The molecule has 1 heterocycles. The molecule has 1 atom stereocenters. The molecular formula is C12H9F2IOS. The van der Waals surface area contributed by atoms with Gasteiger partial charge in [-0.05, 0) is 51.2 Å². The molecule has 0 spiro atoms. The third-order valence-electron chi connectivity index (χ3n) is 2.40. The summed E-state index contributed by atoms with van der Waals surface area (Å²) in [5.74, 6) is -1.22. The van der Waals surface area contributed by atoms with Crippen LogP contribution in [0.15, 0.2) is 29.6 Å². The van der Waals surface area contributed by atoms with Crippen molar-refractivity contribution < 1.29 is 13.9 Å². The van der Waals surface area contributed by atoms with E-state index in [0.29, 0.717) is 5.56 Å². The number of benzene rings is 1. The lowest BCUT2D eigenvalue weighted by atomic mass is 10.0. The number of halogens is 3. The highest BCUT2D eigenvalue weighted by atomic mass is 127. The van der Waals surface area contributed by atoms with Crippen molar-refractivity contribution in [3.05, 3.63) is 55.3 Å². The Kier molecular flexibility index (Phi) is 4.11. The van der Waals surface area contributed by atoms with Crippen LogP contribution in [0.25, 0.3) is 0 Å². The first-order valence-electron chi connectivity index (χ1n) is 4.92. The fraction of sp³-hybridized carbons (Fsp3) is 0.167. The van der Waals surface area contributed by atoms with Gasteiger partial charge in [0.1, 0.15) is 11.6 Å². The molecule has 1 nitrogen and oxygen atoms in total. The molecule has 1 N–H and O–H groups in total. The molecule has 2 aromatic rings. The van der Waals surface area contributed by atoms with Crippen molar-refractivity contribution in [1.29, 1.82) is 0 Å². The van der Waals surface area contributed by atoms with Crippen molar-refractivity contribution in [2.75, 3.05) is 0 Å². The van der Waals surface area contributed by atoms with Crippen LogP contribution in [0, 0.1) is 14.5 Å². The van der Waals surface area contributed by atoms with Gasteiger partial charge in [0.2, 0.25) is 0 Å². The normalized spacial score (nSPS) is 12.7. The fourth-order valence-electron chi connectivity index (χ4n) is 1.51. The average Bonchev–Trinajstić information content (AvgIpc) is 2.69. The van der Waals surface area contributed by atoms with Crippen molar-refractivity contribution in [1.82, 2.24) is 0 Å². The molecule has 0 radical (unpaired) electrons. The number of aliphatic hydroxyl groups is 1. The SMILES string of the molecule is OC(Cc1ccc(F)cc1F)c1csc(I)c1. The van der Waals surface area contributed by atoms with Crippen LogP contribution < -0.4 is 0 Å². The first kappa shape index (κ1) is 12.9. The van der Waals surface area contributed by atoms with E-state index in [-0.39, 0.29) is 6.42 Å². The number of hydrogen-bond donors (Lipinski definition) is 1. The summed E-state index contributed by atoms with van der Waals surface area (Å²) in [5, 5.41) is 11.8. The van der Waals surface area contributed by atoms with Crippen LogP contribution in [-0.2, 0) is 6.42 Å². The first-order valence-corrected chi connectivity index (χ1v) is 6.88. The molecule has 0 saturated carbocycles. The highest BCUT2D eigenvalue weighted by molar-refractivity contribution is 14.1. The second-order valence-electron chi connectivity index (χ2n) is 3.64. The summed E-state index contributed by atoms with van der Waals surface area (Å²) in [6.45, 7) is 0. The molecule has 0 aliphatic carbocycles. The Bertz CT molecular complexity index is 527. The molecule has 0 fully saturated rings. The van der Waals surface area contributed by atoms with E-state index in [2.05, 4.69) is 22.6 Å². The molecule has 0 amide bonds. The lowest BCUT2D eigenvalue weighted by Gasteiger charge is -2.09. The lowest BCUT2D eigenvalue weighted by molar-refractivity contribution is 0.177. The first-order chi connectivity index (χ1) is 8.06. The standard InChI is InChI=1S/C12H9F2IOS/c13-9-2-1-7(10(14)5-9)3-11(16)8-4-12(15)17-6-8/h1-2,4-6,11,16H,3H2. The molecule has 1 aromatic carbocycles. The second kappa shape index (κ2) is 5.41. The molecule has 0 aliphatic heterocycles. The van der Waals surface area contributed by atoms with Crippen molar-refractivity contribution in [2.24, 2.45) is 0 Å². The summed E-state index contributed by atoms with van der Waals surface area (Å²) < 4.78 is 27.2. The third-order valence-corrected chi connectivity index (χ3v) is 4.21. The fourth-order valence-corrected chi connectivity index (χ4v) is 2.93. The van der Waals surface area contributed by atoms with Gasteiger partial charge >= 0.3 is 0 Å². The van der Waals surface area contributed by atoms with E-state index < -0.39 is 17.7 Å². The van der Waals surface area contributed by atoms with Crippen molar-refractivity contribution >= 4 is 33.9 Å². The Morgan fingerprint density at radius 3 is 2.65 bits per heavy atom. The Labute approximate surface area is 115 Å². The van der Waals surface area contributed by atoms with Gasteiger partial charge in [-0.1, -0.05) is 6.07 Å². The maximum Gasteiger partial charge on any atom is 0.129 e. The molecule has 0 aliphatic rings. The predicted octanol–water partition coefficient (Wildman–Crippen LogP) is 3.91. The third kappa shape index (κ3) is 3.23. The monoisotopic (exact) mass is 366 g/mol. The molecule has 0 bridgehead atoms. The number of rotatable bonds is 3. The maximum absolute atomic E-state index is 13.4. The van der Waals surface area contributed by atoms with E-state index >= 15 is 0 Å². The largest absolute Gasteiger partial charge is 0.388 e.